The zero-order valence-corrected chi connectivity index (χ0v) is 9.35. The van der Waals surface area contributed by atoms with Crippen molar-refractivity contribution in [3.05, 3.63) is 29.8 Å². The predicted molar refractivity (Wildman–Crippen MR) is 62.0 cm³/mol. The molecule has 1 aromatic rings. The highest BCUT2D eigenvalue weighted by Gasteiger charge is 2.11. The van der Waals surface area contributed by atoms with E-state index in [2.05, 4.69) is 4.90 Å². The summed E-state index contributed by atoms with van der Waals surface area (Å²) >= 11 is 0. The zero-order chi connectivity index (χ0) is 11.3. The number of para-hydroxylation sites is 1. The SMILES string of the molecule is CCN(CCO)c1ccccc1[C@H](C)O. The molecule has 15 heavy (non-hydrogen) atoms. The number of anilines is 1. The third-order valence-corrected chi connectivity index (χ3v) is 2.48. The van der Waals surface area contributed by atoms with E-state index in [0.29, 0.717) is 6.54 Å². The van der Waals surface area contributed by atoms with Crippen molar-refractivity contribution >= 4 is 5.69 Å². The molecule has 2 N–H and O–H groups in total. The van der Waals surface area contributed by atoms with Crippen LogP contribution in [0.4, 0.5) is 5.69 Å². The Morgan fingerprint density at radius 3 is 2.53 bits per heavy atom. The van der Waals surface area contributed by atoms with E-state index in [1.165, 1.54) is 0 Å². The number of nitrogens with zero attached hydrogens (tertiary/aromatic N) is 1. The van der Waals surface area contributed by atoms with Crippen LogP contribution >= 0.6 is 0 Å². The highest BCUT2D eigenvalue weighted by Crippen LogP contribution is 2.25. The number of hydrogen-bond donors (Lipinski definition) is 2. The van der Waals surface area contributed by atoms with E-state index in [-0.39, 0.29) is 6.61 Å². The lowest BCUT2D eigenvalue weighted by atomic mass is 10.1. The van der Waals surface area contributed by atoms with Crippen molar-refractivity contribution < 1.29 is 10.2 Å². The second kappa shape index (κ2) is 5.73. The molecule has 84 valence electrons. The Labute approximate surface area is 91.0 Å². The van der Waals surface area contributed by atoms with Crippen LogP contribution in [0.25, 0.3) is 0 Å². The van der Waals surface area contributed by atoms with Crippen molar-refractivity contribution in [2.75, 3.05) is 24.6 Å². The maximum atomic E-state index is 9.63. The Hall–Kier alpha value is -1.06. The van der Waals surface area contributed by atoms with Gasteiger partial charge in [0.15, 0.2) is 0 Å². The molecule has 0 saturated heterocycles. The number of aliphatic hydroxyl groups is 2. The highest BCUT2D eigenvalue weighted by atomic mass is 16.3. The van der Waals surface area contributed by atoms with E-state index in [1.807, 2.05) is 31.2 Å². The van der Waals surface area contributed by atoms with Gasteiger partial charge in [-0.25, -0.2) is 0 Å². The Balaban J connectivity index is 2.99. The first-order valence-electron chi connectivity index (χ1n) is 5.33. The third-order valence-electron chi connectivity index (χ3n) is 2.48. The van der Waals surface area contributed by atoms with Crippen LogP contribution in [-0.4, -0.2) is 29.9 Å². The monoisotopic (exact) mass is 209 g/mol. The van der Waals surface area contributed by atoms with Crippen LogP contribution in [0.5, 0.6) is 0 Å². The van der Waals surface area contributed by atoms with Crippen molar-refractivity contribution in [1.29, 1.82) is 0 Å². The number of aliphatic hydroxyl groups excluding tert-OH is 2. The molecular weight excluding hydrogens is 190 g/mol. The van der Waals surface area contributed by atoms with E-state index in [1.54, 1.807) is 6.92 Å². The van der Waals surface area contributed by atoms with Crippen molar-refractivity contribution in [3.63, 3.8) is 0 Å². The fourth-order valence-corrected chi connectivity index (χ4v) is 1.70. The molecule has 0 unspecified atom stereocenters. The van der Waals surface area contributed by atoms with Crippen LogP contribution in [0.3, 0.4) is 0 Å². The van der Waals surface area contributed by atoms with Crippen molar-refractivity contribution in [2.24, 2.45) is 0 Å². The Morgan fingerprint density at radius 1 is 1.33 bits per heavy atom. The van der Waals surface area contributed by atoms with Crippen molar-refractivity contribution in [1.82, 2.24) is 0 Å². The van der Waals surface area contributed by atoms with E-state index >= 15 is 0 Å². The summed E-state index contributed by atoms with van der Waals surface area (Å²) in [5, 5.41) is 18.6. The summed E-state index contributed by atoms with van der Waals surface area (Å²) in [5.74, 6) is 0. The molecule has 0 aliphatic heterocycles. The first kappa shape index (κ1) is 12.0. The lowest BCUT2D eigenvalue weighted by molar-refractivity contribution is 0.199. The topological polar surface area (TPSA) is 43.7 Å². The van der Waals surface area contributed by atoms with Gasteiger partial charge >= 0.3 is 0 Å². The van der Waals surface area contributed by atoms with Gasteiger partial charge in [-0.1, -0.05) is 18.2 Å². The number of hydrogen-bond acceptors (Lipinski definition) is 3. The van der Waals surface area contributed by atoms with Crippen LogP contribution in [-0.2, 0) is 0 Å². The van der Waals surface area contributed by atoms with E-state index in [9.17, 15) is 5.11 Å². The average molecular weight is 209 g/mol. The summed E-state index contributed by atoms with van der Waals surface area (Å²) in [6.45, 7) is 5.34. The summed E-state index contributed by atoms with van der Waals surface area (Å²) < 4.78 is 0. The fourth-order valence-electron chi connectivity index (χ4n) is 1.70. The highest BCUT2D eigenvalue weighted by molar-refractivity contribution is 5.54. The molecule has 1 atom stereocenters. The summed E-state index contributed by atoms with van der Waals surface area (Å²) in [6.07, 6.45) is -0.478. The van der Waals surface area contributed by atoms with E-state index in [4.69, 9.17) is 5.11 Å². The van der Waals surface area contributed by atoms with Crippen LogP contribution < -0.4 is 4.90 Å². The number of rotatable bonds is 5. The quantitative estimate of drug-likeness (QED) is 0.773. The molecule has 0 saturated carbocycles. The predicted octanol–water partition coefficient (Wildman–Crippen LogP) is 1.56. The molecule has 0 aliphatic rings. The largest absolute Gasteiger partial charge is 0.395 e. The Morgan fingerprint density at radius 2 is 2.00 bits per heavy atom. The first-order valence-corrected chi connectivity index (χ1v) is 5.33. The second-order valence-electron chi connectivity index (χ2n) is 3.54. The Kier molecular flexibility index (Phi) is 4.59. The normalized spacial score (nSPS) is 12.5. The smallest absolute Gasteiger partial charge is 0.0781 e. The molecule has 0 amide bonds. The van der Waals surface area contributed by atoms with Crippen LogP contribution in [0, 0.1) is 0 Å². The lowest BCUT2D eigenvalue weighted by Crippen LogP contribution is -2.27. The van der Waals surface area contributed by atoms with Gasteiger partial charge in [-0.05, 0) is 19.9 Å². The van der Waals surface area contributed by atoms with Gasteiger partial charge < -0.3 is 15.1 Å². The molecule has 1 aromatic carbocycles. The molecule has 0 radical (unpaired) electrons. The van der Waals surface area contributed by atoms with Crippen molar-refractivity contribution in [3.8, 4) is 0 Å². The minimum absolute atomic E-state index is 0.127. The molecule has 0 heterocycles. The zero-order valence-electron chi connectivity index (χ0n) is 9.35. The molecule has 0 aromatic heterocycles. The van der Waals surface area contributed by atoms with Crippen LogP contribution in [0.15, 0.2) is 24.3 Å². The number of benzene rings is 1. The van der Waals surface area contributed by atoms with Crippen molar-refractivity contribution in [2.45, 2.75) is 20.0 Å². The maximum Gasteiger partial charge on any atom is 0.0781 e. The molecule has 3 heteroatoms. The summed E-state index contributed by atoms with van der Waals surface area (Å²) in [5.41, 5.74) is 1.91. The maximum absolute atomic E-state index is 9.63. The minimum atomic E-state index is -0.478. The molecular formula is C12H19NO2. The van der Waals surface area contributed by atoms with E-state index in [0.717, 1.165) is 17.8 Å². The molecule has 1 rings (SSSR count). The van der Waals surface area contributed by atoms with Gasteiger partial charge in [0.1, 0.15) is 0 Å². The van der Waals surface area contributed by atoms with Gasteiger partial charge in [-0.15, -0.1) is 0 Å². The van der Waals surface area contributed by atoms with E-state index < -0.39 is 6.10 Å². The molecule has 0 fully saturated rings. The van der Waals surface area contributed by atoms with Crippen LogP contribution in [0.2, 0.25) is 0 Å². The van der Waals surface area contributed by atoms with Gasteiger partial charge in [-0.3, -0.25) is 0 Å². The second-order valence-corrected chi connectivity index (χ2v) is 3.54. The van der Waals surface area contributed by atoms with Gasteiger partial charge in [0.05, 0.1) is 12.7 Å². The van der Waals surface area contributed by atoms with Gasteiger partial charge in [0, 0.05) is 24.3 Å². The van der Waals surface area contributed by atoms with Gasteiger partial charge in [0.25, 0.3) is 0 Å². The van der Waals surface area contributed by atoms with Gasteiger partial charge in [0.2, 0.25) is 0 Å². The third kappa shape index (κ3) is 2.94. The summed E-state index contributed by atoms with van der Waals surface area (Å²) in [6, 6.07) is 7.75. The average Bonchev–Trinajstić information content (AvgIpc) is 2.26. The summed E-state index contributed by atoms with van der Waals surface area (Å²) in [4.78, 5) is 2.06. The molecule has 0 bridgehead atoms. The van der Waals surface area contributed by atoms with Gasteiger partial charge in [-0.2, -0.15) is 0 Å². The summed E-state index contributed by atoms with van der Waals surface area (Å²) in [7, 11) is 0. The standard InChI is InChI=1S/C12H19NO2/c1-3-13(8-9-14)12-7-5-4-6-11(12)10(2)15/h4-7,10,14-15H,3,8-9H2,1-2H3/t10-/m0/s1. The minimum Gasteiger partial charge on any atom is -0.395 e. The Bertz CT molecular complexity index is 299. The molecule has 0 spiro atoms. The fraction of sp³-hybridized carbons (Fsp3) is 0.500. The lowest BCUT2D eigenvalue weighted by Gasteiger charge is -2.25. The molecule has 3 nitrogen and oxygen atoms in total. The van der Waals surface area contributed by atoms with Crippen LogP contribution in [0.1, 0.15) is 25.5 Å². The first-order chi connectivity index (χ1) is 7.20. The number of likely N-dealkylation sites (N-methyl/N-ethyl adjacent to an activating group) is 1. The molecule has 0 aliphatic carbocycles.